The van der Waals surface area contributed by atoms with Crippen LogP contribution in [0.2, 0.25) is 0 Å². The molecule has 1 atom stereocenters. The minimum absolute atomic E-state index is 0.106. The Hall–Kier alpha value is -3.26. The molecule has 2 aromatic carbocycles. The fraction of sp³-hybridized carbons (Fsp3) is 0.227. The summed E-state index contributed by atoms with van der Waals surface area (Å²) in [4.78, 5) is 21.6. The molecule has 0 saturated carbocycles. The molecule has 30 heavy (non-hydrogen) atoms. The third-order valence-corrected chi connectivity index (χ3v) is 7.31. The van der Waals surface area contributed by atoms with Gasteiger partial charge in [0, 0.05) is 22.8 Å². The van der Waals surface area contributed by atoms with Crippen molar-refractivity contribution in [3.63, 3.8) is 0 Å². The SMILES string of the molecule is Cc1nc2cc(C(=O)Nc3ccc4ncccc4c3)ccc2n1C1CCS(=O)(=O)C1. The summed E-state index contributed by atoms with van der Waals surface area (Å²) in [6.45, 7) is 1.87. The Morgan fingerprint density at radius 2 is 2.00 bits per heavy atom. The fourth-order valence-corrected chi connectivity index (χ4v) is 5.86. The summed E-state index contributed by atoms with van der Waals surface area (Å²) in [6.07, 6.45) is 2.33. The molecule has 1 unspecified atom stereocenters. The smallest absolute Gasteiger partial charge is 0.255 e. The highest BCUT2D eigenvalue weighted by Gasteiger charge is 2.31. The molecule has 8 heteroatoms. The molecule has 0 aliphatic carbocycles. The number of amides is 1. The molecule has 3 heterocycles. The first kappa shape index (κ1) is 18.7. The Balaban J connectivity index is 1.44. The zero-order valence-electron chi connectivity index (χ0n) is 16.4. The third kappa shape index (κ3) is 3.33. The second-order valence-electron chi connectivity index (χ2n) is 7.65. The number of rotatable bonds is 3. The largest absolute Gasteiger partial charge is 0.324 e. The number of aromatic nitrogens is 3. The first-order valence-electron chi connectivity index (χ1n) is 9.75. The van der Waals surface area contributed by atoms with Crippen molar-refractivity contribution in [3.05, 3.63) is 66.1 Å². The summed E-state index contributed by atoms with van der Waals surface area (Å²) < 4.78 is 25.8. The number of imidazole rings is 1. The van der Waals surface area contributed by atoms with Crippen molar-refractivity contribution in [1.82, 2.24) is 14.5 Å². The molecule has 4 aromatic rings. The van der Waals surface area contributed by atoms with Gasteiger partial charge in [-0.2, -0.15) is 0 Å². The van der Waals surface area contributed by atoms with E-state index in [0.29, 0.717) is 23.2 Å². The van der Waals surface area contributed by atoms with Crippen molar-refractivity contribution in [3.8, 4) is 0 Å². The topological polar surface area (TPSA) is 93.9 Å². The van der Waals surface area contributed by atoms with Crippen LogP contribution in [0.5, 0.6) is 0 Å². The predicted octanol–water partition coefficient (Wildman–Crippen LogP) is 3.50. The number of sulfone groups is 1. The molecule has 1 amide bonds. The average molecular weight is 420 g/mol. The number of carbonyl (C=O) groups is 1. The van der Waals surface area contributed by atoms with Crippen LogP contribution in [0.15, 0.2) is 54.7 Å². The van der Waals surface area contributed by atoms with Gasteiger partial charge < -0.3 is 9.88 Å². The van der Waals surface area contributed by atoms with Gasteiger partial charge >= 0.3 is 0 Å². The van der Waals surface area contributed by atoms with Crippen LogP contribution in [-0.2, 0) is 9.84 Å². The maximum absolute atomic E-state index is 12.8. The zero-order valence-corrected chi connectivity index (χ0v) is 17.2. The van der Waals surface area contributed by atoms with Crippen LogP contribution in [0.25, 0.3) is 21.9 Å². The molecule has 5 rings (SSSR count). The molecule has 0 bridgehead atoms. The molecule has 0 spiro atoms. The van der Waals surface area contributed by atoms with E-state index < -0.39 is 9.84 Å². The molecular weight excluding hydrogens is 400 g/mol. The lowest BCUT2D eigenvalue weighted by atomic mass is 10.1. The minimum Gasteiger partial charge on any atom is -0.324 e. The van der Waals surface area contributed by atoms with E-state index in [-0.39, 0.29) is 23.5 Å². The van der Waals surface area contributed by atoms with Gasteiger partial charge in [-0.3, -0.25) is 9.78 Å². The Morgan fingerprint density at radius 3 is 2.80 bits per heavy atom. The Bertz CT molecular complexity index is 1410. The van der Waals surface area contributed by atoms with E-state index in [1.165, 1.54) is 0 Å². The van der Waals surface area contributed by atoms with E-state index >= 15 is 0 Å². The molecule has 2 aromatic heterocycles. The number of pyridine rings is 1. The van der Waals surface area contributed by atoms with Crippen molar-refractivity contribution in [2.75, 3.05) is 16.8 Å². The summed E-state index contributed by atoms with van der Waals surface area (Å²) in [7, 11) is -3.00. The van der Waals surface area contributed by atoms with Crippen LogP contribution in [0.1, 0.15) is 28.6 Å². The number of aryl methyl sites for hydroxylation is 1. The van der Waals surface area contributed by atoms with Gasteiger partial charge in [-0.1, -0.05) is 6.07 Å². The summed E-state index contributed by atoms with van der Waals surface area (Å²) in [5, 5.41) is 3.87. The maximum atomic E-state index is 12.8. The van der Waals surface area contributed by atoms with Crippen LogP contribution in [0.3, 0.4) is 0 Å². The molecule has 1 N–H and O–H groups in total. The van der Waals surface area contributed by atoms with Crippen LogP contribution >= 0.6 is 0 Å². The first-order valence-corrected chi connectivity index (χ1v) is 11.6. The van der Waals surface area contributed by atoms with Gasteiger partial charge in [0.1, 0.15) is 5.82 Å². The van der Waals surface area contributed by atoms with Gasteiger partial charge in [0.05, 0.1) is 34.1 Å². The van der Waals surface area contributed by atoms with Gasteiger partial charge in [-0.15, -0.1) is 0 Å². The Labute approximate surface area is 173 Å². The number of carbonyl (C=O) groups excluding carboxylic acids is 1. The second kappa shape index (κ2) is 6.91. The van der Waals surface area contributed by atoms with Gasteiger partial charge in [0.15, 0.2) is 9.84 Å². The predicted molar refractivity (Wildman–Crippen MR) is 116 cm³/mol. The third-order valence-electron chi connectivity index (χ3n) is 5.56. The summed E-state index contributed by atoms with van der Waals surface area (Å²) in [6, 6.07) is 14.6. The molecular formula is C22H20N4O3S. The second-order valence-corrected chi connectivity index (χ2v) is 9.88. The minimum atomic E-state index is -3.00. The Morgan fingerprint density at radius 1 is 1.13 bits per heavy atom. The molecule has 1 aliphatic heterocycles. The van der Waals surface area contributed by atoms with E-state index in [9.17, 15) is 13.2 Å². The van der Waals surface area contributed by atoms with Crippen LogP contribution < -0.4 is 5.32 Å². The number of hydrogen-bond acceptors (Lipinski definition) is 5. The maximum Gasteiger partial charge on any atom is 0.255 e. The van der Waals surface area contributed by atoms with Gasteiger partial charge in [-0.25, -0.2) is 13.4 Å². The standard InChI is InChI=1S/C22H20N4O3S/c1-14-24-20-12-16(4-7-21(20)26(14)18-8-10-30(28,29)13-18)22(27)25-17-5-6-19-15(11-17)3-2-9-23-19/h2-7,9,11-12,18H,8,10,13H2,1H3,(H,25,27). The highest BCUT2D eigenvalue weighted by molar-refractivity contribution is 7.91. The van der Waals surface area contributed by atoms with Gasteiger partial charge in [0.2, 0.25) is 0 Å². The highest BCUT2D eigenvalue weighted by atomic mass is 32.2. The fourth-order valence-electron chi connectivity index (χ4n) is 4.16. The molecule has 1 fully saturated rings. The average Bonchev–Trinajstić information content (AvgIpc) is 3.24. The molecule has 7 nitrogen and oxygen atoms in total. The number of nitrogens with one attached hydrogen (secondary N) is 1. The summed E-state index contributed by atoms with van der Waals surface area (Å²) >= 11 is 0. The van der Waals surface area contributed by atoms with Crippen molar-refractivity contribution in [2.24, 2.45) is 0 Å². The Kier molecular flexibility index (Phi) is 4.32. The molecule has 1 saturated heterocycles. The van der Waals surface area contributed by atoms with Crippen LogP contribution in [0, 0.1) is 6.92 Å². The van der Waals surface area contributed by atoms with E-state index in [1.54, 1.807) is 18.3 Å². The lowest BCUT2D eigenvalue weighted by Crippen LogP contribution is -2.13. The highest BCUT2D eigenvalue weighted by Crippen LogP contribution is 2.30. The number of benzene rings is 2. The van der Waals surface area contributed by atoms with Crippen molar-refractivity contribution < 1.29 is 13.2 Å². The lowest BCUT2D eigenvalue weighted by Gasteiger charge is -2.13. The van der Waals surface area contributed by atoms with Crippen molar-refractivity contribution in [1.29, 1.82) is 0 Å². The van der Waals surface area contributed by atoms with Gasteiger partial charge in [-0.05, 0) is 55.8 Å². The van der Waals surface area contributed by atoms with Crippen LogP contribution in [0.4, 0.5) is 5.69 Å². The molecule has 0 radical (unpaired) electrons. The van der Waals surface area contributed by atoms with Crippen molar-refractivity contribution >= 4 is 43.4 Å². The van der Waals surface area contributed by atoms with E-state index in [1.807, 2.05) is 47.9 Å². The normalized spacial score (nSPS) is 18.1. The van der Waals surface area contributed by atoms with Gasteiger partial charge in [0.25, 0.3) is 5.91 Å². The number of fused-ring (bicyclic) bond motifs is 2. The van der Waals surface area contributed by atoms with Crippen molar-refractivity contribution in [2.45, 2.75) is 19.4 Å². The monoisotopic (exact) mass is 420 g/mol. The summed E-state index contributed by atoms with van der Waals surface area (Å²) in [5.41, 5.74) is 3.60. The number of anilines is 1. The number of nitrogens with zero attached hydrogens (tertiary/aromatic N) is 3. The van der Waals surface area contributed by atoms with E-state index in [0.717, 1.165) is 22.2 Å². The molecule has 152 valence electrons. The molecule has 1 aliphatic rings. The van der Waals surface area contributed by atoms with E-state index in [4.69, 9.17) is 0 Å². The zero-order chi connectivity index (χ0) is 20.9. The quantitative estimate of drug-likeness (QED) is 0.547. The number of hydrogen-bond donors (Lipinski definition) is 1. The van der Waals surface area contributed by atoms with Crippen LogP contribution in [-0.4, -0.2) is 40.4 Å². The van der Waals surface area contributed by atoms with E-state index in [2.05, 4.69) is 15.3 Å². The first-order chi connectivity index (χ1) is 14.4. The lowest BCUT2D eigenvalue weighted by molar-refractivity contribution is 0.102. The summed E-state index contributed by atoms with van der Waals surface area (Å²) in [5.74, 6) is 0.874.